The van der Waals surface area contributed by atoms with Crippen LogP contribution in [0.25, 0.3) is 0 Å². The van der Waals surface area contributed by atoms with Gasteiger partial charge in [0.1, 0.15) is 0 Å². The van der Waals surface area contributed by atoms with Crippen LogP contribution >= 0.6 is 0 Å². The minimum Gasteiger partial charge on any atom is -0.481 e. The Kier molecular flexibility index (Phi) is 3.59. The second-order valence-corrected chi connectivity index (χ2v) is 4.70. The molecule has 2 fully saturated rings. The van der Waals surface area contributed by atoms with Crippen LogP contribution in [0.2, 0.25) is 0 Å². The first-order chi connectivity index (χ1) is 7.25. The van der Waals surface area contributed by atoms with Crippen LogP contribution in [0, 0.1) is 5.92 Å². The Morgan fingerprint density at radius 3 is 2.33 bits per heavy atom. The summed E-state index contributed by atoms with van der Waals surface area (Å²) in [5, 5.41) is 8.71. The van der Waals surface area contributed by atoms with E-state index in [9.17, 15) is 4.79 Å². The summed E-state index contributed by atoms with van der Waals surface area (Å²) >= 11 is 0. The van der Waals surface area contributed by atoms with E-state index in [-0.39, 0.29) is 5.92 Å². The number of hydrogen-bond acceptors (Lipinski definition) is 3. The van der Waals surface area contributed by atoms with E-state index in [2.05, 4.69) is 9.80 Å². The molecule has 4 nitrogen and oxygen atoms in total. The van der Waals surface area contributed by atoms with Crippen LogP contribution in [0.3, 0.4) is 0 Å². The van der Waals surface area contributed by atoms with Gasteiger partial charge in [-0.1, -0.05) is 0 Å². The molecular formula is C11H20N2O2. The molecule has 0 aromatic carbocycles. The van der Waals surface area contributed by atoms with Crippen molar-refractivity contribution in [3.05, 3.63) is 0 Å². The largest absolute Gasteiger partial charge is 0.481 e. The fraction of sp³-hybridized carbons (Fsp3) is 0.909. The highest BCUT2D eigenvalue weighted by Gasteiger charge is 2.31. The Morgan fingerprint density at radius 2 is 1.73 bits per heavy atom. The van der Waals surface area contributed by atoms with Crippen molar-refractivity contribution < 1.29 is 9.90 Å². The summed E-state index contributed by atoms with van der Waals surface area (Å²) in [6.45, 7) is 6.30. The van der Waals surface area contributed by atoms with Crippen molar-refractivity contribution in [2.45, 2.75) is 19.3 Å². The zero-order valence-electron chi connectivity index (χ0n) is 9.19. The first kappa shape index (κ1) is 10.9. The Morgan fingerprint density at radius 1 is 1.13 bits per heavy atom. The maximum Gasteiger partial charge on any atom is 0.309 e. The lowest BCUT2D eigenvalue weighted by atomic mass is 10.0. The molecule has 0 spiro atoms. The van der Waals surface area contributed by atoms with E-state index >= 15 is 0 Å². The lowest BCUT2D eigenvalue weighted by molar-refractivity contribution is -0.147. The molecule has 86 valence electrons. The predicted octanol–water partition coefficient (Wildman–Crippen LogP) is 0.489. The Labute approximate surface area is 90.9 Å². The molecule has 0 saturated carbocycles. The average molecular weight is 212 g/mol. The van der Waals surface area contributed by atoms with Crippen LogP contribution in [-0.2, 0) is 4.79 Å². The molecule has 15 heavy (non-hydrogen) atoms. The van der Waals surface area contributed by atoms with Crippen molar-refractivity contribution in [1.82, 2.24) is 9.80 Å². The van der Waals surface area contributed by atoms with Crippen LogP contribution in [0.15, 0.2) is 0 Å². The topological polar surface area (TPSA) is 43.8 Å². The van der Waals surface area contributed by atoms with Gasteiger partial charge in [-0.05, 0) is 45.4 Å². The van der Waals surface area contributed by atoms with Crippen LogP contribution in [0.4, 0.5) is 0 Å². The van der Waals surface area contributed by atoms with Gasteiger partial charge in [0, 0.05) is 13.1 Å². The van der Waals surface area contributed by atoms with E-state index in [1.165, 1.54) is 38.9 Å². The highest BCUT2D eigenvalue weighted by Crippen LogP contribution is 2.16. The lowest BCUT2D eigenvalue weighted by Gasteiger charge is -2.36. The molecule has 2 aliphatic heterocycles. The summed E-state index contributed by atoms with van der Waals surface area (Å²) in [5.74, 6) is -0.734. The van der Waals surface area contributed by atoms with Crippen LogP contribution in [0.5, 0.6) is 0 Å². The normalized spacial score (nSPS) is 24.3. The number of carbonyl (C=O) groups is 1. The fourth-order valence-electron chi connectivity index (χ4n) is 2.43. The molecule has 0 radical (unpaired) electrons. The van der Waals surface area contributed by atoms with Gasteiger partial charge in [-0.3, -0.25) is 4.79 Å². The number of nitrogens with zero attached hydrogens (tertiary/aromatic N) is 2. The van der Waals surface area contributed by atoms with Crippen molar-refractivity contribution in [1.29, 1.82) is 0 Å². The molecule has 0 aromatic heterocycles. The standard InChI is InChI=1S/C11H20N2O2/c14-11(15)10-8-13(9-10)7-3-6-12-4-1-2-5-12/h10H,1-9H2,(H,14,15). The first-order valence-corrected chi connectivity index (χ1v) is 5.93. The van der Waals surface area contributed by atoms with Crippen molar-refractivity contribution >= 4 is 5.97 Å². The minimum absolute atomic E-state index is 0.100. The quantitative estimate of drug-likeness (QED) is 0.720. The van der Waals surface area contributed by atoms with Gasteiger partial charge in [0.05, 0.1) is 5.92 Å². The fourth-order valence-corrected chi connectivity index (χ4v) is 2.43. The monoisotopic (exact) mass is 212 g/mol. The third kappa shape index (κ3) is 2.92. The highest BCUT2D eigenvalue weighted by molar-refractivity contribution is 5.71. The number of rotatable bonds is 5. The van der Waals surface area contributed by atoms with Gasteiger partial charge in [-0.25, -0.2) is 0 Å². The Bertz CT molecular complexity index is 221. The molecule has 0 aliphatic carbocycles. The van der Waals surface area contributed by atoms with Gasteiger partial charge in [-0.15, -0.1) is 0 Å². The van der Waals surface area contributed by atoms with Crippen molar-refractivity contribution in [2.24, 2.45) is 5.92 Å². The molecule has 2 heterocycles. The SMILES string of the molecule is O=C(O)C1CN(CCCN2CCCC2)C1. The van der Waals surface area contributed by atoms with Gasteiger partial charge in [0.25, 0.3) is 0 Å². The van der Waals surface area contributed by atoms with Crippen LogP contribution in [0.1, 0.15) is 19.3 Å². The maximum atomic E-state index is 10.6. The molecule has 2 aliphatic rings. The van der Waals surface area contributed by atoms with Crippen molar-refractivity contribution in [3.8, 4) is 0 Å². The summed E-state index contributed by atoms with van der Waals surface area (Å²) in [6, 6.07) is 0. The molecule has 0 bridgehead atoms. The molecule has 0 unspecified atom stereocenters. The molecule has 4 heteroatoms. The molecular weight excluding hydrogens is 192 g/mol. The zero-order chi connectivity index (χ0) is 10.7. The van der Waals surface area contributed by atoms with Gasteiger partial charge in [0.2, 0.25) is 0 Å². The molecule has 0 amide bonds. The minimum atomic E-state index is -0.634. The second kappa shape index (κ2) is 4.94. The number of carboxylic acid groups (broad SMARTS) is 1. The zero-order valence-corrected chi connectivity index (χ0v) is 9.19. The first-order valence-electron chi connectivity index (χ1n) is 5.93. The van der Waals surface area contributed by atoms with E-state index < -0.39 is 5.97 Å². The van der Waals surface area contributed by atoms with E-state index in [0.29, 0.717) is 0 Å². The van der Waals surface area contributed by atoms with Crippen LogP contribution in [-0.4, -0.2) is 60.1 Å². The summed E-state index contributed by atoms with van der Waals surface area (Å²) in [5.41, 5.74) is 0. The van der Waals surface area contributed by atoms with Gasteiger partial charge >= 0.3 is 5.97 Å². The van der Waals surface area contributed by atoms with E-state index in [4.69, 9.17) is 5.11 Å². The molecule has 1 N–H and O–H groups in total. The lowest BCUT2D eigenvalue weighted by Crippen LogP contribution is -2.50. The smallest absolute Gasteiger partial charge is 0.309 e. The number of carboxylic acids is 1. The average Bonchev–Trinajstić information content (AvgIpc) is 2.60. The molecule has 0 atom stereocenters. The van der Waals surface area contributed by atoms with Crippen molar-refractivity contribution in [3.63, 3.8) is 0 Å². The predicted molar refractivity (Wildman–Crippen MR) is 57.9 cm³/mol. The summed E-state index contributed by atoms with van der Waals surface area (Å²) in [6.07, 6.45) is 3.89. The van der Waals surface area contributed by atoms with Gasteiger partial charge in [0.15, 0.2) is 0 Å². The summed E-state index contributed by atoms with van der Waals surface area (Å²) in [4.78, 5) is 15.3. The van der Waals surface area contributed by atoms with Gasteiger partial charge < -0.3 is 14.9 Å². The third-order valence-corrected chi connectivity index (χ3v) is 3.45. The van der Waals surface area contributed by atoms with E-state index in [1.54, 1.807) is 0 Å². The number of aliphatic carboxylic acids is 1. The Hall–Kier alpha value is -0.610. The Balaban J connectivity index is 1.51. The number of hydrogen-bond donors (Lipinski definition) is 1. The van der Waals surface area contributed by atoms with Crippen LogP contribution < -0.4 is 0 Å². The van der Waals surface area contributed by atoms with E-state index in [0.717, 1.165) is 19.6 Å². The number of likely N-dealkylation sites (tertiary alicyclic amines) is 2. The maximum absolute atomic E-state index is 10.6. The molecule has 2 saturated heterocycles. The highest BCUT2D eigenvalue weighted by atomic mass is 16.4. The third-order valence-electron chi connectivity index (χ3n) is 3.45. The van der Waals surface area contributed by atoms with Gasteiger partial charge in [-0.2, -0.15) is 0 Å². The summed E-state index contributed by atoms with van der Waals surface area (Å²) < 4.78 is 0. The summed E-state index contributed by atoms with van der Waals surface area (Å²) in [7, 11) is 0. The molecule has 0 aromatic rings. The van der Waals surface area contributed by atoms with Crippen molar-refractivity contribution in [2.75, 3.05) is 39.3 Å². The van der Waals surface area contributed by atoms with E-state index in [1.807, 2.05) is 0 Å². The second-order valence-electron chi connectivity index (χ2n) is 4.70. The molecule has 2 rings (SSSR count).